The molecule has 1 heterocycles. The van der Waals surface area contributed by atoms with E-state index in [2.05, 4.69) is 20.7 Å². The summed E-state index contributed by atoms with van der Waals surface area (Å²) in [5, 5.41) is 2.03. The molecule has 1 aromatic heterocycles. The molecule has 0 saturated carbocycles. The highest BCUT2D eigenvalue weighted by molar-refractivity contribution is 9.10. The Morgan fingerprint density at radius 3 is 3.08 bits per heavy atom. The molecule has 0 radical (unpaired) electrons. The number of hydrogen-bond acceptors (Lipinski definition) is 4. The highest BCUT2D eigenvalue weighted by Gasteiger charge is 2.04. The summed E-state index contributed by atoms with van der Waals surface area (Å²) < 4.78 is 5.65. The van der Waals surface area contributed by atoms with Gasteiger partial charge in [0.05, 0.1) is 12.9 Å². The highest BCUT2D eigenvalue weighted by atomic mass is 79.9. The SMILES string of the molecule is COC(=O)CSCc1sccc1Br. The molecule has 0 aliphatic carbocycles. The van der Waals surface area contributed by atoms with Crippen LogP contribution in [-0.2, 0) is 15.3 Å². The van der Waals surface area contributed by atoms with Crippen molar-refractivity contribution < 1.29 is 9.53 Å². The van der Waals surface area contributed by atoms with Crippen molar-refractivity contribution in [3.8, 4) is 0 Å². The predicted octanol–water partition coefficient (Wildman–Crippen LogP) is 2.92. The molecule has 0 fully saturated rings. The van der Waals surface area contributed by atoms with Crippen molar-refractivity contribution in [2.45, 2.75) is 5.75 Å². The van der Waals surface area contributed by atoms with Crippen LogP contribution in [0.5, 0.6) is 0 Å². The van der Waals surface area contributed by atoms with Crippen molar-refractivity contribution in [3.63, 3.8) is 0 Å². The van der Waals surface area contributed by atoms with Crippen molar-refractivity contribution in [2.24, 2.45) is 0 Å². The Morgan fingerprint density at radius 1 is 1.77 bits per heavy atom. The fourth-order valence-corrected chi connectivity index (χ4v) is 3.43. The second-order valence-corrected chi connectivity index (χ2v) is 5.10. The summed E-state index contributed by atoms with van der Waals surface area (Å²) in [7, 11) is 1.41. The Balaban J connectivity index is 2.28. The number of thiophene rings is 1. The molecule has 0 saturated heterocycles. The zero-order chi connectivity index (χ0) is 9.68. The molecule has 1 aromatic rings. The Labute approximate surface area is 93.8 Å². The topological polar surface area (TPSA) is 26.3 Å². The third-order valence-corrected chi connectivity index (χ3v) is 4.41. The van der Waals surface area contributed by atoms with Gasteiger partial charge < -0.3 is 4.74 Å². The van der Waals surface area contributed by atoms with E-state index in [1.165, 1.54) is 12.0 Å². The lowest BCUT2D eigenvalue weighted by Gasteiger charge is -1.98. The molecular formula is C8H9BrO2S2. The van der Waals surface area contributed by atoms with E-state index in [-0.39, 0.29) is 5.97 Å². The normalized spacial score (nSPS) is 10.0. The largest absolute Gasteiger partial charge is 0.468 e. The monoisotopic (exact) mass is 280 g/mol. The number of esters is 1. The minimum absolute atomic E-state index is 0.169. The number of thioether (sulfide) groups is 1. The molecule has 0 amide bonds. The number of halogens is 1. The molecule has 0 bridgehead atoms. The summed E-state index contributed by atoms with van der Waals surface area (Å²) in [5.41, 5.74) is 0. The van der Waals surface area contributed by atoms with E-state index < -0.39 is 0 Å². The molecule has 72 valence electrons. The molecule has 2 nitrogen and oxygen atoms in total. The molecule has 0 aliphatic rings. The maximum Gasteiger partial charge on any atom is 0.315 e. The van der Waals surface area contributed by atoms with Crippen LogP contribution in [0.2, 0.25) is 0 Å². The summed E-state index contributed by atoms with van der Waals surface area (Å²) >= 11 is 6.68. The van der Waals surface area contributed by atoms with Gasteiger partial charge in [0.2, 0.25) is 0 Å². The standard InChI is InChI=1S/C8H9BrO2S2/c1-11-8(10)5-12-4-7-6(9)2-3-13-7/h2-3H,4-5H2,1H3. The van der Waals surface area contributed by atoms with Gasteiger partial charge in [-0.15, -0.1) is 23.1 Å². The first-order chi connectivity index (χ1) is 6.24. The minimum atomic E-state index is -0.169. The van der Waals surface area contributed by atoms with Crippen molar-refractivity contribution in [2.75, 3.05) is 12.9 Å². The fourth-order valence-electron chi connectivity index (χ4n) is 0.714. The highest BCUT2D eigenvalue weighted by Crippen LogP contribution is 2.26. The first-order valence-electron chi connectivity index (χ1n) is 3.60. The van der Waals surface area contributed by atoms with Crippen molar-refractivity contribution in [3.05, 3.63) is 20.8 Å². The lowest BCUT2D eigenvalue weighted by atomic mass is 10.5. The molecule has 0 N–H and O–H groups in total. The zero-order valence-corrected chi connectivity index (χ0v) is 10.3. The van der Waals surface area contributed by atoms with Crippen LogP contribution in [0.15, 0.2) is 15.9 Å². The van der Waals surface area contributed by atoms with Crippen LogP contribution in [0.25, 0.3) is 0 Å². The predicted molar refractivity (Wildman–Crippen MR) is 60.2 cm³/mol. The van der Waals surface area contributed by atoms with Gasteiger partial charge in [0.15, 0.2) is 0 Å². The Bertz CT molecular complexity index is 285. The number of carbonyl (C=O) groups excluding carboxylic acids is 1. The second-order valence-electron chi connectivity index (χ2n) is 2.26. The first-order valence-corrected chi connectivity index (χ1v) is 6.43. The average molecular weight is 281 g/mol. The Morgan fingerprint density at radius 2 is 2.54 bits per heavy atom. The van der Waals surface area contributed by atoms with E-state index in [0.29, 0.717) is 5.75 Å². The molecule has 0 spiro atoms. The van der Waals surface area contributed by atoms with E-state index >= 15 is 0 Å². The molecule has 0 atom stereocenters. The molecule has 0 aromatic carbocycles. The molecule has 5 heteroatoms. The lowest BCUT2D eigenvalue weighted by molar-refractivity contribution is -0.137. The van der Waals surface area contributed by atoms with Crippen LogP contribution in [0.3, 0.4) is 0 Å². The number of methoxy groups -OCH3 is 1. The number of hydrogen-bond donors (Lipinski definition) is 0. The van der Waals surface area contributed by atoms with Gasteiger partial charge in [-0.1, -0.05) is 0 Å². The second kappa shape index (κ2) is 5.67. The minimum Gasteiger partial charge on any atom is -0.468 e. The molecule has 13 heavy (non-hydrogen) atoms. The van der Waals surface area contributed by atoms with Crippen LogP contribution in [-0.4, -0.2) is 18.8 Å². The Hall–Kier alpha value is -0.000000000000000111. The van der Waals surface area contributed by atoms with Gasteiger partial charge in [0.25, 0.3) is 0 Å². The summed E-state index contributed by atoms with van der Waals surface area (Å²) in [6.07, 6.45) is 0. The van der Waals surface area contributed by atoms with E-state index in [1.807, 2.05) is 11.4 Å². The van der Waals surface area contributed by atoms with Crippen LogP contribution in [0.4, 0.5) is 0 Å². The van der Waals surface area contributed by atoms with E-state index in [1.54, 1.807) is 23.1 Å². The zero-order valence-electron chi connectivity index (χ0n) is 7.08. The van der Waals surface area contributed by atoms with Gasteiger partial charge >= 0.3 is 5.97 Å². The Kier molecular flexibility index (Phi) is 4.83. The maximum absolute atomic E-state index is 10.8. The van der Waals surface area contributed by atoms with E-state index in [9.17, 15) is 4.79 Å². The fraction of sp³-hybridized carbons (Fsp3) is 0.375. The molecule has 0 aliphatic heterocycles. The van der Waals surface area contributed by atoms with Crippen molar-refractivity contribution >= 4 is 45.0 Å². The van der Waals surface area contributed by atoms with Crippen LogP contribution >= 0.6 is 39.0 Å². The number of carbonyl (C=O) groups is 1. The first kappa shape index (κ1) is 11.1. The van der Waals surface area contributed by atoms with E-state index in [4.69, 9.17) is 0 Å². The van der Waals surface area contributed by atoms with Gasteiger partial charge in [-0.3, -0.25) is 4.79 Å². The third kappa shape index (κ3) is 3.70. The third-order valence-electron chi connectivity index (χ3n) is 1.37. The molecule has 0 unspecified atom stereocenters. The number of ether oxygens (including phenoxy) is 1. The van der Waals surface area contributed by atoms with Crippen LogP contribution in [0, 0.1) is 0 Å². The molecule has 1 rings (SSSR count). The van der Waals surface area contributed by atoms with Gasteiger partial charge in [-0.25, -0.2) is 0 Å². The average Bonchev–Trinajstić information content (AvgIpc) is 2.52. The van der Waals surface area contributed by atoms with Gasteiger partial charge in [-0.2, -0.15) is 0 Å². The quantitative estimate of drug-likeness (QED) is 0.794. The van der Waals surface area contributed by atoms with Crippen molar-refractivity contribution in [1.29, 1.82) is 0 Å². The number of rotatable bonds is 4. The summed E-state index contributed by atoms with van der Waals surface area (Å²) in [6.45, 7) is 0. The van der Waals surface area contributed by atoms with Gasteiger partial charge in [0, 0.05) is 15.1 Å². The molecular weight excluding hydrogens is 272 g/mol. The summed E-state index contributed by atoms with van der Waals surface area (Å²) in [6, 6.07) is 2.01. The van der Waals surface area contributed by atoms with Gasteiger partial charge in [-0.05, 0) is 27.4 Å². The van der Waals surface area contributed by atoms with Crippen LogP contribution in [0.1, 0.15) is 4.88 Å². The van der Waals surface area contributed by atoms with Crippen molar-refractivity contribution in [1.82, 2.24) is 0 Å². The lowest BCUT2D eigenvalue weighted by Crippen LogP contribution is -2.02. The van der Waals surface area contributed by atoms with Crippen LogP contribution < -0.4 is 0 Å². The summed E-state index contributed by atoms with van der Waals surface area (Å²) in [5.74, 6) is 1.10. The van der Waals surface area contributed by atoms with E-state index in [0.717, 1.165) is 10.2 Å². The maximum atomic E-state index is 10.8. The summed E-state index contributed by atoms with van der Waals surface area (Å²) in [4.78, 5) is 12.0. The van der Waals surface area contributed by atoms with Gasteiger partial charge in [0.1, 0.15) is 0 Å². The smallest absolute Gasteiger partial charge is 0.315 e.